The maximum atomic E-state index is 12.7. The third-order valence-electron chi connectivity index (χ3n) is 5.45. The molecular formula is C22H22ClN3O3S. The van der Waals surface area contributed by atoms with E-state index in [9.17, 15) is 14.4 Å². The fraction of sp³-hybridized carbons (Fsp3) is 0.318. The summed E-state index contributed by atoms with van der Waals surface area (Å²) in [4.78, 5) is 40.6. The first-order chi connectivity index (χ1) is 14.5. The van der Waals surface area contributed by atoms with Gasteiger partial charge in [-0.1, -0.05) is 54.4 Å². The van der Waals surface area contributed by atoms with Gasteiger partial charge in [0.05, 0.1) is 5.69 Å². The van der Waals surface area contributed by atoms with Crippen molar-refractivity contribution in [3.8, 4) is 0 Å². The summed E-state index contributed by atoms with van der Waals surface area (Å²) < 4.78 is 0. The van der Waals surface area contributed by atoms with Crippen molar-refractivity contribution in [3.05, 3.63) is 53.6 Å². The highest BCUT2D eigenvalue weighted by atomic mass is 35.5. The van der Waals surface area contributed by atoms with Crippen LogP contribution in [0.4, 0.5) is 10.5 Å². The number of imide groups is 1. The molecule has 1 saturated carbocycles. The molecule has 156 valence electrons. The summed E-state index contributed by atoms with van der Waals surface area (Å²) in [6.45, 7) is 0.0555. The SMILES string of the molecule is O=C(CCN1C(=O)NC2(CCCC2)C1=O)Nc1cc(Cl)ccc1Sc1ccccc1. The zero-order valence-electron chi connectivity index (χ0n) is 16.3. The standard InChI is InChI=1S/C22H22ClN3O3S/c23-15-8-9-18(30-16-6-2-1-3-7-16)17(14-15)24-19(27)10-13-26-20(28)22(25-21(26)29)11-4-5-12-22/h1-3,6-9,14H,4-5,10-13H2,(H,24,27)(H,25,29). The van der Waals surface area contributed by atoms with Crippen LogP contribution in [0, 0.1) is 0 Å². The Morgan fingerprint density at radius 2 is 1.87 bits per heavy atom. The van der Waals surface area contributed by atoms with Crippen LogP contribution in [0.1, 0.15) is 32.1 Å². The van der Waals surface area contributed by atoms with Gasteiger partial charge >= 0.3 is 6.03 Å². The van der Waals surface area contributed by atoms with Crippen LogP contribution in [-0.4, -0.2) is 34.8 Å². The van der Waals surface area contributed by atoms with Crippen molar-refractivity contribution in [3.63, 3.8) is 0 Å². The Labute approximate surface area is 184 Å². The molecule has 2 fully saturated rings. The third kappa shape index (κ3) is 4.32. The molecule has 0 bridgehead atoms. The van der Waals surface area contributed by atoms with Gasteiger partial charge in [0.2, 0.25) is 5.91 Å². The molecule has 1 aliphatic carbocycles. The summed E-state index contributed by atoms with van der Waals surface area (Å²) in [5, 5.41) is 6.22. The third-order valence-corrected chi connectivity index (χ3v) is 6.77. The van der Waals surface area contributed by atoms with Crippen molar-refractivity contribution >= 4 is 46.9 Å². The lowest BCUT2D eigenvalue weighted by molar-refractivity contribution is -0.131. The number of halogens is 1. The van der Waals surface area contributed by atoms with Crippen molar-refractivity contribution in [1.82, 2.24) is 10.2 Å². The highest BCUT2D eigenvalue weighted by molar-refractivity contribution is 7.99. The topological polar surface area (TPSA) is 78.5 Å². The van der Waals surface area contributed by atoms with Gasteiger partial charge in [-0.2, -0.15) is 0 Å². The first-order valence-electron chi connectivity index (χ1n) is 9.93. The number of anilines is 1. The molecule has 1 aliphatic heterocycles. The lowest BCUT2D eigenvalue weighted by atomic mass is 9.98. The van der Waals surface area contributed by atoms with Gasteiger partial charge in [-0.3, -0.25) is 14.5 Å². The van der Waals surface area contributed by atoms with Crippen LogP contribution in [0.15, 0.2) is 58.3 Å². The van der Waals surface area contributed by atoms with Gasteiger partial charge < -0.3 is 10.6 Å². The van der Waals surface area contributed by atoms with E-state index < -0.39 is 11.6 Å². The number of nitrogens with one attached hydrogen (secondary N) is 2. The van der Waals surface area contributed by atoms with Crippen molar-refractivity contribution in [1.29, 1.82) is 0 Å². The van der Waals surface area contributed by atoms with Gasteiger partial charge in [0.15, 0.2) is 0 Å². The molecular weight excluding hydrogens is 422 g/mol. The van der Waals surface area contributed by atoms with E-state index in [2.05, 4.69) is 10.6 Å². The second-order valence-corrected chi connectivity index (χ2v) is 9.08. The predicted octanol–water partition coefficient (Wildman–Crippen LogP) is 4.68. The van der Waals surface area contributed by atoms with Crippen LogP contribution >= 0.6 is 23.4 Å². The summed E-state index contributed by atoms with van der Waals surface area (Å²) in [7, 11) is 0. The first-order valence-corrected chi connectivity index (χ1v) is 11.1. The minimum atomic E-state index is -0.750. The van der Waals surface area contributed by atoms with E-state index in [4.69, 9.17) is 11.6 Å². The minimum absolute atomic E-state index is 0.0250. The van der Waals surface area contributed by atoms with E-state index in [1.165, 1.54) is 16.7 Å². The summed E-state index contributed by atoms with van der Waals surface area (Å²) in [6.07, 6.45) is 3.22. The molecule has 6 nitrogen and oxygen atoms in total. The molecule has 4 rings (SSSR count). The Balaban J connectivity index is 1.40. The average Bonchev–Trinajstić information content (AvgIpc) is 3.28. The zero-order valence-corrected chi connectivity index (χ0v) is 17.9. The second-order valence-electron chi connectivity index (χ2n) is 7.53. The van der Waals surface area contributed by atoms with Crippen molar-refractivity contribution in [2.45, 2.75) is 47.4 Å². The number of rotatable bonds is 6. The van der Waals surface area contributed by atoms with Crippen molar-refractivity contribution in [2.75, 3.05) is 11.9 Å². The quantitative estimate of drug-likeness (QED) is 0.635. The molecule has 1 saturated heterocycles. The largest absolute Gasteiger partial charge is 0.325 e. The molecule has 0 unspecified atom stereocenters. The number of urea groups is 1. The maximum absolute atomic E-state index is 12.7. The molecule has 0 atom stereocenters. The Morgan fingerprint density at radius 3 is 2.60 bits per heavy atom. The second kappa shape index (κ2) is 8.70. The van der Waals surface area contributed by atoms with E-state index in [1.54, 1.807) is 12.1 Å². The van der Waals surface area contributed by atoms with Gasteiger partial charge in [0, 0.05) is 27.8 Å². The molecule has 2 aromatic rings. The molecule has 0 aromatic heterocycles. The van der Waals surface area contributed by atoms with Gasteiger partial charge in [-0.05, 0) is 43.2 Å². The van der Waals surface area contributed by atoms with Gasteiger partial charge in [0.25, 0.3) is 5.91 Å². The molecule has 2 N–H and O–H groups in total. The average molecular weight is 444 g/mol. The zero-order chi connectivity index (χ0) is 21.1. The summed E-state index contributed by atoms with van der Waals surface area (Å²) in [5.41, 5.74) is -0.147. The summed E-state index contributed by atoms with van der Waals surface area (Å²) in [6, 6.07) is 14.7. The molecule has 2 aromatic carbocycles. The smallest absolute Gasteiger partial charge is 0.325 e. The van der Waals surface area contributed by atoms with Crippen molar-refractivity contribution in [2.24, 2.45) is 0 Å². The Morgan fingerprint density at radius 1 is 1.13 bits per heavy atom. The first kappa shape index (κ1) is 20.8. The highest BCUT2D eigenvalue weighted by Crippen LogP contribution is 2.36. The minimum Gasteiger partial charge on any atom is -0.325 e. The fourth-order valence-corrected chi connectivity index (χ4v) is 5.00. The Kier molecular flexibility index (Phi) is 6.01. The van der Waals surface area contributed by atoms with Gasteiger partial charge in [-0.15, -0.1) is 0 Å². The molecule has 4 amide bonds. The van der Waals surface area contributed by atoms with Crippen LogP contribution < -0.4 is 10.6 Å². The van der Waals surface area contributed by atoms with E-state index in [1.807, 2.05) is 36.4 Å². The number of nitrogens with zero attached hydrogens (tertiary/aromatic N) is 1. The lowest BCUT2D eigenvalue weighted by Gasteiger charge is -2.20. The summed E-state index contributed by atoms with van der Waals surface area (Å²) >= 11 is 7.64. The number of carbonyl (C=O) groups is 3. The van der Waals surface area contributed by atoms with Crippen molar-refractivity contribution < 1.29 is 14.4 Å². The molecule has 0 radical (unpaired) electrons. The van der Waals surface area contributed by atoms with E-state index in [0.717, 1.165) is 22.6 Å². The van der Waals surface area contributed by atoms with Gasteiger partial charge in [-0.25, -0.2) is 4.79 Å². The number of hydrogen-bond acceptors (Lipinski definition) is 4. The number of hydrogen-bond donors (Lipinski definition) is 2. The molecule has 8 heteroatoms. The molecule has 2 aliphatic rings. The van der Waals surface area contributed by atoms with E-state index in [0.29, 0.717) is 23.6 Å². The van der Waals surface area contributed by atoms with Gasteiger partial charge in [0.1, 0.15) is 5.54 Å². The van der Waals surface area contributed by atoms with Crippen LogP contribution in [0.3, 0.4) is 0 Å². The highest BCUT2D eigenvalue weighted by Gasteiger charge is 2.52. The van der Waals surface area contributed by atoms with Crippen LogP contribution in [0.2, 0.25) is 5.02 Å². The molecule has 1 heterocycles. The van der Waals surface area contributed by atoms with Crippen LogP contribution in [0.25, 0.3) is 0 Å². The monoisotopic (exact) mass is 443 g/mol. The summed E-state index contributed by atoms with van der Waals surface area (Å²) in [5.74, 6) is -0.485. The van der Waals surface area contributed by atoms with E-state index >= 15 is 0 Å². The molecule has 30 heavy (non-hydrogen) atoms. The lowest BCUT2D eigenvalue weighted by Crippen LogP contribution is -2.44. The fourth-order valence-electron chi connectivity index (χ4n) is 3.93. The Hall–Kier alpha value is -2.51. The van der Waals surface area contributed by atoms with Crippen LogP contribution in [-0.2, 0) is 9.59 Å². The normalized spacial score (nSPS) is 17.4. The van der Waals surface area contributed by atoms with Crippen LogP contribution in [0.5, 0.6) is 0 Å². The van der Waals surface area contributed by atoms with E-state index in [-0.39, 0.29) is 24.8 Å². The number of carbonyl (C=O) groups excluding carboxylic acids is 3. The maximum Gasteiger partial charge on any atom is 0.325 e. The number of amides is 4. The number of benzene rings is 2. The Bertz CT molecular complexity index is 977. The molecule has 1 spiro atoms. The predicted molar refractivity (Wildman–Crippen MR) is 117 cm³/mol.